The third kappa shape index (κ3) is 4.60. The monoisotopic (exact) mass is 398 g/mol. The van der Waals surface area contributed by atoms with E-state index in [9.17, 15) is 9.59 Å². The van der Waals surface area contributed by atoms with Crippen molar-refractivity contribution in [3.63, 3.8) is 0 Å². The van der Waals surface area contributed by atoms with Crippen molar-refractivity contribution in [2.75, 3.05) is 18.0 Å². The molecule has 0 saturated carbocycles. The Morgan fingerprint density at radius 3 is 1.90 bits per heavy atom. The SMILES string of the molecule is O=C(c1ccc(C(=O)N(Cc2ccccc2)c2ccccc2)cc1)N1CCCCC1. The van der Waals surface area contributed by atoms with E-state index in [0.29, 0.717) is 17.7 Å². The summed E-state index contributed by atoms with van der Waals surface area (Å²) in [7, 11) is 0. The van der Waals surface area contributed by atoms with Gasteiger partial charge >= 0.3 is 0 Å². The second-order valence-corrected chi connectivity index (χ2v) is 7.64. The van der Waals surface area contributed by atoms with Crippen molar-refractivity contribution in [3.8, 4) is 0 Å². The van der Waals surface area contributed by atoms with Crippen LogP contribution in [0.15, 0.2) is 84.9 Å². The summed E-state index contributed by atoms with van der Waals surface area (Å²) in [5.41, 5.74) is 3.12. The molecule has 1 aliphatic heterocycles. The van der Waals surface area contributed by atoms with Crippen LogP contribution in [0.5, 0.6) is 0 Å². The van der Waals surface area contributed by atoms with Crippen molar-refractivity contribution in [1.82, 2.24) is 4.90 Å². The maximum atomic E-state index is 13.4. The Balaban J connectivity index is 1.56. The number of carbonyl (C=O) groups is 2. The quantitative estimate of drug-likeness (QED) is 0.596. The first-order valence-corrected chi connectivity index (χ1v) is 10.5. The first-order valence-electron chi connectivity index (χ1n) is 10.5. The minimum absolute atomic E-state index is 0.0536. The Hall–Kier alpha value is -3.40. The summed E-state index contributed by atoms with van der Waals surface area (Å²) in [5.74, 6) is -0.0278. The molecule has 0 radical (unpaired) electrons. The van der Waals surface area contributed by atoms with Gasteiger partial charge in [0.15, 0.2) is 0 Å². The van der Waals surface area contributed by atoms with Crippen molar-refractivity contribution < 1.29 is 9.59 Å². The summed E-state index contributed by atoms with van der Waals surface area (Å²) in [5, 5.41) is 0. The number of benzene rings is 3. The van der Waals surface area contributed by atoms with Crippen LogP contribution in [0.1, 0.15) is 45.5 Å². The summed E-state index contributed by atoms with van der Waals surface area (Å²) in [6, 6.07) is 26.7. The molecule has 4 heteroatoms. The molecule has 1 heterocycles. The summed E-state index contributed by atoms with van der Waals surface area (Å²) >= 11 is 0. The van der Waals surface area contributed by atoms with Gasteiger partial charge in [0.2, 0.25) is 0 Å². The predicted molar refractivity (Wildman–Crippen MR) is 120 cm³/mol. The number of para-hydroxylation sites is 1. The molecule has 4 rings (SSSR count). The number of nitrogens with zero attached hydrogens (tertiary/aromatic N) is 2. The average Bonchev–Trinajstić information content (AvgIpc) is 2.83. The number of anilines is 1. The lowest BCUT2D eigenvalue weighted by Crippen LogP contribution is -2.35. The number of likely N-dealkylation sites (tertiary alicyclic amines) is 1. The molecule has 0 N–H and O–H groups in total. The number of rotatable bonds is 5. The lowest BCUT2D eigenvalue weighted by atomic mass is 10.1. The van der Waals surface area contributed by atoms with Gasteiger partial charge in [-0.25, -0.2) is 0 Å². The van der Waals surface area contributed by atoms with Gasteiger partial charge in [-0.15, -0.1) is 0 Å². The zero-order valence-corrected chi connectivity index (χ0v) is 17.0. The molecule has 0 spiro atoms. The molecular formula is C26H26N2O2. The molecule has 3 aromatic rings. The lowest BCUT2D eigenvalue weighted by Gasteiger charge is -2.27. The Morgan fingerprint density at radius 1 is 0.700 bits per heavy atom. The van der Waals surface area contributed by atoms with Crippen LogP contribution in [0.4, 0.5) is 5.69 Å². The van der Waals surface area contributed by atoms with E-state index >= 15 is 0 Å². The van der Waals surface area contributed by atoms with Gasteiger partial charge in [-0.2, -0.15) is 0 Å². The van der Waals surface area contributed by atoms with E-state index in [2.05, 4.69) is 0 Å². The smallest absolute Gasteiger partial charge is 0.258 e. The first kappa shape index (κ1) is 19.9. The van der Waals surface area contributed by atoms with Crippen LogP contribution in [0.25, 0.3) is 0 Å². The molecule has 0 atom stereocenters. The number of hydrogen-bond acceptors (Lipinski definition) is 2. The van der Waals surface area contributed by atoms with E-state index in [1.165, 1.54) is 6.42 Å². The molecule has 0 bridgehead atoms. The van der Waals surface area contributed by atoms with Gasteiger partial charge in [-0.1, -0.05) is 48.5 Å². The highest BCUT2D eigenvalue weighted by molar-refractivity contribution is 6.06. The summed E-state index contributed by atoms with van der Waals surface area (Å²) < 4.78 is 0. The number of hydrogen-bond donors (Lipinski definition) is 0. The summed E-state index contributed by atoms with van der Waals surface area (Å²) in [4.78, 5) is 29.8. The highest BCUT2D eigenvalue weighted by atomic mass is 16.2. The Kier molecular flexibility index (Phi) is 6.23. The molecular weight excluding hydrogens is 372 g/mol. The molecule has 152 valence electrons. The number of piperidine rings is 1. The van der Waals surface area contributed by atoms with Crippen LogP contribution < -0.4 is 4.90 Å². The van der Waals surface area contributed by atoms with Gasteiger partial charge in [0, 0.05) is 29.9 Å². The number of amides is 2. The molecule has 4 nitrogen and oxygen atoms in total. The predicted octanol–water partition coefficient (Wildman–Crippen LogP) is 5.16. The van der Waals surface area contributed by atoms with Crippen LogP contribution in [0.3, 0.4) is 0 Å². The highest BCUT2D eigenvalue weighted by Crippen LogP contribution is 2.21. The fourth-order valence-corrected chi connectivity index (χ4v) is 3.85. The lowest BCUT2D eigenvalue weighted by molar-refractivity contribution is 0.0724. The third-order valence-corrected chi connectivity index (χ3v) is 5.52. The van der Waals surface area contributed by atoms with Gasteiger partial charge < -0.3 is 9.80 Å². The molecule has 0 unspecified atom stereocenters. The van der Waals surface area contributed by atoms with Crippen molar-refractivity contribution >= 4 is 17.5 Å². The fraction of sp³-hybridized carbons (Fsp3) is 0.231. The van der Waals surface area contributed by atoms with Gasteiger partial charge in [0.1, 0.15) is 0 Å². The maximum Gasteiger partial charge on any atom is 0.258 e. The van der Waals surface area contributed by atoms with Crippen LogP contribution in [0.2, 0.25) is 0 Å². The average molecular weight is 399 g/mol. The molecule has 3 aromatic carbocycles. The molecule has 1 fully saturated rings. The van der Waals surface area contributed by atoms with E-state index in [1.54, 1.807) is 29.2 Å². The van der Waals surface area contributed by atoms with E-state index < -0.39 is 0 Å². The summed E-state index contributed by atoms with van der Waals surface area (Å²) in [6.07, 6.45) is 3.32. The van der Waals surface area contributed by atoms with Crippen LogP contribution in [-0.2, 0) is 6.54 Å². The molecule has 1 aliphatic rings. The van der Waals surface area contributed by atoms with E-state index in [-0.39, 0.29) is 11.8 Å². The Labute approximate surface area is 177 Å². The normalized spacial score (nSPS) is 13.7. The fourth-order valence-electron chi connectivity index (χ4n) is 3.85. The zero-order chi connectivity index (χ0) is 20.8. The molecule has 0 aliphatic carbocycles. The van der Waals surface area contributed by atoms with Crippen LogP contribution in [0, 0.1) is 0 Å². The van der Waals surface area contributed by atoms with Crippen molar-refractivity contribution in [1.29, 1.82) is 0 Å². The highest BCUT2D eigenvalue weighted by Gasteiger charge is 2.21. The number of carbonyl (C=O) groups excluding carboxylic acids is 2. The molecule has 0 aromatic heterocycles. The topological polar surface area (TPSA) is 40.6 Å². The third-order valence-electron chi connectivity index (χ3n) is 5.52. The minimum atomic E-state index is -0.0815. The maximum absolute atomic E-state index is 13.4. The minimum Gasteiger partial charge on any atom is -0.339 e. The van der Waals surface area contributed by atoms with Crippen LogP contribution >= 0.6 is 0 Å². The Bertz CT molecular complexity index is 979. The van der Waals surface area contributed by atoms with Crippen molar-refractivity contribution in [2.45, 2.75) is 25.8 Å². The van der Waals surface area contributed by atoms with Crippen LogP contribution in [-0.4, -0.2) is 29.8 Å². The second-order valence-electron chi connectivity index (χ2n) is 7.64. The second kappa shape index (κ2) is 9.40. The van der Waals surface area contributed by atoms with Gasteiger partial charge in [0.25, 0.3) is 11.8 Å². The zero-order valence-electron chi connectivity index (χ0n) is 17.0. The molecule has 2 amide bonds. The van der Waals surface area contributed by atoms with E-state index in [4.69, 9.17) is 0 Å². The largest absolute Gasteiger partial charge is 0.339 e. The van der Waals surface area contributed by atoms with E-state index in [0.717, 1.165) is 37.2 Å². The van der Waals surface area contributed by atoms with Crippen molar-refractivity contribution in [3.05, 3.63) is 102 Å². The summed E-state index contributed by atoms with van der Waals surface area (Å²) in [6.45, 7) is 2.12. The standard InChI is InChI=1S/C26H26N2O2/c29-25(27-18-8-3-9-19-27)22-14-16-23(17-15-22)26(30)28(24-12-6-2-7-13-24)20-21-10-4-1-5-11-21/h1-2,4-7,10-17H,3,8-9,18-20H2. The molecule has 30 heavy (non-hydrogen) atoms. The van der Waals surface area contributed by atoms with Crippen molar-refractivity contribution in [2.24, 2.45) is 0 Å². The Morgan fingerprint density at radius 2 is 1.27 bits per heavy atom. The van der Waals surface area contributed by atoms with E-state index in [1.807, 2.05) is 65.6 Å². The molecule has 1 saturated heterocycles. The van der Waals surface area contributed by atoms with Gasteiger partial charge in [0.05, 0.1) is 6.54 Å². The van der Waals surface area contributed by atoms with Gasteiger partial charge in [-0.3, -0.25) is 9.59 Å². The van der Waals surface area contributed by atoms with Gasteiger partial charge in [-0.05, 0) is 61.2 Å². The first-order chi connectivity index (χ1) is 14.7.